The lowest BCUT2D eigenvalue weighted by Gasteiger charge is -2.30. The van der Waals surface area contributed by atoms with Gasteiger partial charge in [0.25, 0.3) is 10.0 Å². The first-order valence-electron chi connectivity index (χ1n) is 7.85. The van der Waals surface area contributed by atoms with E-state index in [1.54, 1.807) is 24.3 Å². The van der Waals surface area contributed by atoms with E-state index >= 15 is 0 Å². The van der Waals surface area contributed by atoms with Gasteiger partial charge in [-0.05, 0) is 44.0 Å². The number of nitrogens with zero attached hydrogens (tertiary/aromatic N) is 2. The Bertz CT molecular complexity index is 865. The molecular weight excluding hydrogens is 382 g/mol. The molecule has 0 spiro atoms. The van der Waals surface area contributed by atoms with Gasteiger partial charge in [-0.3, -0.25) is 4.79 Å². The van der Waals surface area contributed by atoms with Crippen molar-refractivity contribution in [2.24, 2.45) is 5.92 Å². The fourth-order valence-electron chi connectivity index (χ4n) is 2.73. The molecule has 0 saturated carbocycles. The average Bonchev–Trinajstić information content (AvgIpc) is 3.04. The maximum absolute atomic E-state index is 12.7. The number of piperidine rings is 1. The normalized spacial score (nSPS) is 18.9. The van der Waals surface area contributed by atoms with Gasteiger partial charge >= 0.3 is 0 Å². The highest BCUT2D eigenvalue weighted by molar-refractivity contribution is 7.91. The van der Waals surface area contributed by atoms with Gasteiger partial charge in [0, 0.05) is 24.2 Å². The maximum atomic E-state index is 12.7. The second kappa shape index (κ2) is 7.41. The molecule has 0 aliphatic carbocycles. The van der Waals surface area contributed by atoms with Crippen LogP contribution in [-0.2, 0) is 14.8 Å². The third-order valence-electron chi connectivity index (χ3n) is 4.04. The van der Waals surface area contributed by atoms with Gasteiger partial charge in [0.15, 0.2) is 0 Å². The van der Waals surface area contributed by atoms with Crippen LogP contribution in [0.4, 0.5) is 5.82 Å². The van der Waals surface area contributed by atoms with E-state index in [2.05, 4.69) is 10.3 Å². The van der Waals surface area contributed by atoms with Crippen molar-refractivity contribution in [1.82, 2.24) is 9.29 Å². The molecule has 3 rings (SSSR count). The number of rotatable bonds is 4. The van der Waals surface area contributed by atoms with Gasteiger partial charge in [-0.1, -0.05) is 11.6 Å². The fourth-order valence-corrected chi connectivity index (χ4v) is 5.80. The number of sulfonamides is 1. The Hall–Kier alpha value is -1.48. The molecule has 134 valence electrons. The molecule has 1 N–H and O–H groups in total. The largest absolute Gasteiger partial charge is 0.310 e. The maximum Gasteiger partial charge on any atom is 0.252 e. The number of pyridine rings is 1. The third-order valence-corrected chi connectivity index (χ3v) is 7.60. The molecule has 1 aliphatic rings. The molecule has 3 heterocycles. The van der Waals surface area contributed by atoms with E-state index in [9.17, 15) is 13.2 Å². The van der Waals surface area contributed by atoms with Crippen molar-refractivity contribution in [3.63, 3.8) is 0 Å². The van der Waals surface area contributed by atoms with Crippen LogP contribution < -0.4 is 5.32 Å². The second-order valence-corrected chi connectivity index (χ2v) is 9.81. The Morgan fingerprint density at radius 1 is 1.36 bits per heavy atom. The van der Waals surface area contributed by atoms with Gasteiger partial charge in [-0.25, -0.2) is 13.4 Å². The number of halogens is 1. The summed E-state index contributed by atoms with van der Waals surface area (Å²) in [5, 5.41) is 3.21. The SMILES string of the molecule is Cc1ccc(S(=O)(=O)N2CCCC(C(=O)Nc3ccc(Cl)cn3)C2)s1. The first-order valence-corrected chi connectivity index (χ1v) is 10.5. The van der Waals surface area contributed by atoms with Crippen molar-refractivity contribution in [2.75, 3.05) is 18.4 Å². The Morgan fingerprint density at radius 3 is 2.80 bits per heavy atom. The molecule has 1 unspecified atom stereocenters. The monoisotopic (exact) mass is 399 g/mol. The van der Waals surface area contributed by atoms with E-state index in [4.69, 9.17) is 11.6 Å². The molecule has 1 aliphatic heterocycles. The van der Waals surface area contributed by atoms with E-state index in [0.29, 0.717) is 34.4 Å². The number of anilines is 1. The molecule has 0 bridgehead atoms. The third kappa shape index (κ3) is 4.20. The Kier molecular flexibility index (Phi) is 5.43. The topological polar surface area (TPSA) is 79.4 Å². The van der Waals surface area contributed by atoms with E-state index in [-0.39, 0.29) is 12.5 Å². The van der Waals surface area contributed by atoms with Gasteiger partial charge in [0.2, 0.25) is 5.91 Å². The average molecular weight is 400 g/mol. The Morgan fingerprint density at radius 2 is 2.16 bits per heavy atom. The predicted molar refractivity (Wildman–Crippen MR) is 98.4 cm³/mol. The van der Waals surface area contributed by atoms with Gasteiger partial charge in [0.1, 0.15) is 10.0 Å². The van der Waals surface area contributed by atoms with Crippen molar-refractivity contribution in [1.29, 1.82) is 0 Å². The number of thiophene rings is 1. The van der Waals surface area contributed by atoms with Crippen LogP contribution in [0.5, 0.6) is 0 Å². The molecule has 1 fully saturated rings. The van der Waals surface area contributed by atoms with E-state index in [1.807, 2.05) is 6.92 Å². The highest BCUT2D eigenvalue weighted by Gasteiger charge is 2.34. The molecule has 2 aromatic rings. The van der Waals surface area contributed by atoms with Crippen molar-refractivity contribution < 1.29 is 13.2 Å². The van der Waals surface area contributed by atoms with Crippen LogP contribution in [0.3, 0.4) is 0 Å². The summed E-state index contributed by atoms with van der Waals surface area (Å²) < 4.78 is 27.2. The highest BCUT2D eigenvalue weighted by atomic mass is 35.5. The van der Waals surface area contributed by atoms with Crippen LogP contribution in [0, 0.1) is 12.8 Å². The van der Waals surface area contributed by atoms with E-state index < -0.39 is 15.9 Å². The summed E-state index contributed by atoms with van der Waals surface area (Å²) in [6, 6.07) is 6.67. The first-order chi connectivity index (χ1) is 11.9. The lowest BCUT2D eigenvalue weighted by Crippen LogP contribution is -2.43. The number of nitrogens with one attached hydrogen (secondary N) is 1. The number of hydrogen-bond donors (Lipinski definition) is 1. The van der Waals surface area contributed by atoms with Crippen molar-refractivity contribution >= 4 is 44.7 Å². The van der Waals surface area contributed by atoms with Crippen LogP contribution in [-0.4, -0.2) is 36.7 Å². The van der Waals surface area contributed by atoms with Gasteiger partial charge in [-0.15, -0.1) is 11.3 Å². The summed E-state index contributed by atoms with van der Waals surface area (Å²) in [5.74, 6) is -0.220. The van der Waals surface area contributed by atoms with Crippen LogP contribution in [0.1, 0.15) is 17.7 Å². The summed E-state index contributed by atoms with van der Waals surface area (Å²) in [4.78, 5) is 17.4. The number of amides is 1. The minimum Gasteiger partial charge on any atom is -0.310 e. The number of carbonyl (C=O) groups excluding carboxylic acids is 1. The molecular formula is C16H18ClN3O3S2. The zero-order chi connectivity index (χ0) is 18.0. The van der Waals surface area contributed by atoms with Gasteiger partial charge in [-0.2, -0.15) is 4.31 Å². The summed E-state index contributed by atoms with van der Waals surface area (Å²) >= 11 is 7.03. The fraction of sp³-hybridized carbons (Fsp3) is 0.375. The minimum atomic E-state index is -3.55. The zero-order valence-electron chi connectivity index (χ0n) is 13.6. The molecule has 9 heteroatoms. The smallest absolute Gasteiger partial charge is 0.252 e. The van der Waals surface area contributed by atoms with Crippen LogP contribution in [0.15, 0.2) is 34.7 Å². The number of aryl methyl sites for hydroxylation is 1. The molecule has 2 aromatic heterocycles. The van der Waals surface area contributed by atoms with Gasteiger partial charge in [0.05, 0.1) is 10.9 Å². The van der Waals surface area contributed by atoms with Crippen LogP contribution in [0.25, 0.3) is 0 Å². The molecule has 6 nitrogen and oxygen atoms in total. The summed E-state index contributed by atoms with van der Waals surface area (Å²) in [5.41, 5.74) is 0. The number of hydrogen-bond acceptors (Lipinski definition) is 5. The molecule has 25 heavy (non-hydrogen) atoms. The van der Waals surface area contributed by atoms with Crippen molar-refractivity contribution in [3.05, 3.63) is 40.4 Å². The standard InChI is InChI=1S/C16H18ClN3O3S2/c1-11-4-7-15(24-11)25(22,23)20-8-2-3-12(10-20)16(21)19-14-6-5-13(17)9-18-14/h4-7,9,12H,2-3,8,10H2,1H3,(H,18,19,21). The number of aromatic nitrogens is 1. The van der Waals surface area contributed by atoms with Gasteiger partial charge < -0.3 is 5.32 Å². The first kappa shape index (κ1) is 18.3. The van der Waals surface area contributed by atoms with Crippen LogP contribution in [0.2, 0.25) is 5.02 Å². The molecule has 0 aromatic carbocycles. The summed E-state index contributed by atoms with van der Waals surface area (Å²) in [6.45, 7) is 2.48. The quantitative estimate of drug-likeness (QED) is 0.856. The Labute approximate surface area is 155 Å². The zero-order valence-corrected chi connectivity index (χ0v) is 16.0. The predicted octanol–water partition coefficient (Wildman–Crippen LogP) is 3.14. The second-order valence-electron chi connectivity index (χ2n) is 5.92. The lowest BCUT2D eigenvalue weighted by molar-refractivity contribution is -0.120. The number of carbonyl (C=O) groups is 1. The summed E-state index contributed by atoms with van der Waals surface area (Å²) in [6.07, 6.45) is 2.75. The van der Waals surface area contributed by atoms with E-state index in [0.717, 1.165) is 4.88 Å². The van der Waals surface area contributed by atoms with Crippen molar-refractivity contribution in [2.45, 2.75) is 24.0 Å². The molecule has 1 saturated heterocycles. The van der Waals surface area contributed by atoms with Crippen molar-refractivity contribution in [3.8, 4) is 0 Å². The molecule has 1 atom stereocenters. The molecule has 1 amide bonds. The molecule has 0 radical (unpaired) electrons. The summed E-state index contributed by atoms with van der Waals surface area (Å²) in [7, 11) is -3.55. The van der Waals surface area contributed by atoms with E-state index in [1.165, 1.54) is 21.8 Å². The Balaban J connectivity index is 1.70. The highest BCUT2D eigenvalue weighted by Crippen LogP contribution is 2.28. The minimum absolute atomic E-state index is 0.179. The van der Waals surface area contributed by atoms with Crippen LogP contribution >= 0.6 is 22.9 Å². The lowest BCUT2D eigenvalue weighted by atomic mass is 9.99.